The van der Waals surface area contributed by atoms with Crippen molar-refractivity contribution < 1.29 is 8.81 Å². The van der Waals surface area contributed by atoms with Crippen LogP contribution in [0.1, 0.15) is 0 Å². The van der Waals surface area contributed by atoms with Gasteiger partial charge in [0.25, 0.3) is 0 Å². The van der Waals surface area contributed by atoms with Crippen LogP contribution in [0.2, 0.25) is 0 Å². The van der Waals surface area contributed by atoms with Gasteiger partial charge in [-0.2, -0.15) is 4.98 Å². The van der Waals surface area contributed by atoms with E-state index in [4.69, 9.17) is 0 Å². The highest BCUT2D eigenvalue weighted by Gasteiger charge is 1.85. The van der Waals surface area contributed by atoms with Gasteiger partial charge in [0.15, 0.2) is 6.26 Å². The molecule has 1 aromatic rings. The van der Waals surface area contributed by atoms with Crippen molar-refractivity contribution in [2.75, 3.05) is 0 Å². The zero-order chi connectivity index (χ0) is 4.41. The third kappa shape index (κ3) is 0.381. The molecule has 0 bridgehead atoms. The van der Waals surface area contributed by atoms with Gasteiger partial charge in [-0.05, 0) is 0 Å². The number of nitrogens with zero attached hydrogens (tertiary/aromatic N) is 1. The summed E-state index contributed by atoms with van der Waals surface area (Å²) >= 11 is 0. The number of aromatic nitrogens is 1. The summed E-state index contributed by atoms with van der Waals surface area (Å²) in [6.45, 7) is 0. The minimum absolute atomic E-state index is 0.838. The van der Waals surface area contributed by atoms with E-state index in [1.165, 1.54) is 0 Å². The van der Waals surface area contributed by atoms with Gasteiger partial charge in [-0.15, -0.1) is 4.39 Å². The molecule has 31 valence electrons. The van der Waals surface area contributed by atoms with Crippen molar-refractivity contribution in [3.05, 3.63) is 18.6 Å². The fourth-order valence-corrected chi connectivity index (χ4v) is 0.178. The summed E-state index contributed by atoms with van der Waals surface area (Å²) in [6.07, 6.45) is 2.35. The minimum atomic E-state index is -0.838. The van der Waals surface area contributed by atoms with Gasteiger partial charge in [0.05, 0.1) is 6.20 Å². The molecule has 0 unspecified atom stereocenters. The summed E-state index contributed by atoms with van der Waals surface area (Å²) in [6, 6.07) is 0. The maximum Gasteiger partial charge on any atom is 0.382 e. The van der Waals surface area contributed by atoms with E-state index in [0.29, 0.717) is 0 Å². The first-order valence-electron chi connectivity index (χ1n) is 1.37. The highest BCUT2D eigenvalue weighted by molar-refractivity contribution is 4.57. The Morgan fingerprint density at radius 2 is 2.83 bits per heavy atom. The number of oxazole rings is 1. The first-order chi connectivity index (χ1) is 2.89. The van der Waals surface area contributed by atoms with Gasteiger partial charge < -0.3 is 4.42 Å². The van der Waals surface area contributed by atoms with Crippen LogP contribution < -0.4 is 0 Å². The topological polar surface area (TPSA) is 26.0 Å². The van der Waals surface area contributed by atoms with Gasteiger partial charge in [-0.3, -0.25) is 0 Å². The summed E-state index contributed by atoms with van der Waals surface area (Å²) in [7, 11) is 0. The van der Waals surface area contributed by atoms with Crippen molar-refractivity contribution in [2.45, 2.75) is 0 Å². The maximum absolute atomic E-state index is 11.4. The molecule has 0 aliphatic rings. The van der Waals surface area contributed by atoms with E-state index in [-0.39, 0.29) is 0 Å². The third-order valence-electron chi connectivity index (χ3n) is 0.362. The second-order valence-corrected chi connectivity index (χ2v) is 0.731. The van der Waals surface area contributed by atoms with E-state index >= 15 is 0 Å². The number of hydrogen-bond donors (Lipinski definition) is 0. The smallest absolute Gasteiger partial charge is 0.382 e. The molecule has 0 fully saturated rings. The van der Waals surface area contributed by atoms with Crippen molar-refractivity contribution in [3.63, 3.8) is 0 Å². The normalized spacial score (nSPS) is 8.83. The van der Waals surface area contributed by atoms with E-state index in [2.05, 4.69) is 15.7 Å². The molecule has 0 spiro atoms. The van der Waals surface area contributed by atoms with Crippen molar-refractivity contribution >= 4 is 0 Å². The molecule has 1 heterocycles. The zero-order valence-electron chi connectivity index (χ0n) is 2.81. The van der Waals surface area contributed by atoms with Crippen LogP contribution >= 0.6 is 0 Å². The van der Waals surface area contributed by atoms with Gasteiger partial charge in [-0.25, -0.2) is 0 Å². The summed E-state index contributed by atoms with van der Waals surface area (Å²) in [5, 5.41) is 0. The number of rotatable bonds is 0. The highest BCUT2D eigenvalue weighted by atomic mass is 19.1. The molecule has 0 atom stereocenters. The molecule has 0 N–H and O–H groups in total. The van der Waals surface area contributed by atoms with Crippen LogP contribution in [0, 0.1) is 12.4 Å². The predicted molar refractivity (Wildman–Crippen MR) is 15.3 cm³/mol. The Kier molecular flexibility index (Phi) is 0.602. The average molecular weight is 86.0 g/mol. The summed E-state index contributed by atoms with van der Waals surface area (Å²) < 4.78 is 15.3. The van der Waals surface area contributed by atoms with Crippen LogP contribution in [0.25, 0.3) is 0 Å². The van der Waals surface area contributed by atoms with Crippen LogP contribution in [-0.2, 0) is 0 Å². The van der Waals surface area contributed by atoms with Gasteiger partial charge >= 0.3 is 6.14 Å². The van der Waals surface area contributed by atoms with Crippen LogP contribution in [0.5, 0.6) is 0 Å². The lowest BCUT2D eigenvalue weighted by Crippen LogP contribution is -1.61. The van der Waals surface area contributed by atoms with E-state index in [0.717, 1.165) is 6.20 Å². The SMILES string of the molecule is Fc1nc[c]o1. The first kappa shape index (κ1) is 3.33. The Labute approximate surface area is 33.6 Å². The van der Waals surface area contributed by atoms with Gasteiger partial charge in [-0.1, -0.05) is 0 Å². The van der Waals surface area contributed by atoms with E-state index in [9.17, 15) is 4.39 Å². The maximum atomic E-state index is 11.4. The highest BCUT2D eigenvalue weighted by Crippen LogP contribution is 1.85. The van der Waals surface area contributed by atoms with E-state index in [1.807, 2.05) is 0 Å². The fraction of sp³-hybridized carbons (Fsp3) is 0. The van der Waals surface area contributed by atoms with Gasteiger partial charge in [0, 0.05) is 0 Å². The number of hydrogen-bond acceptors (Lipinski definition) is 2. The Hall–Kier alpha value is -0.860. The molecule has 0 aromatic carbocycles. The molecule has 1 aromatic heterocycles. The molecular formula is C3HFNO. The molecule has 0 amide bonds. The van der Waals surface area contributed by atoms with Crippen LogP contribution in [0.15, 0.2) is 10.6 Å². The Bertz CT molecular complexity index is 114. The Morgan fingerprint density at radius 1 is 2.00 bits per heavy atom. The fourth-order valence-electron chi connectivity index (χ4n) is 0.178. The van der Waals surface area contributed by atoms with Crippen molar-refractivity contribution in [3.8, 4) is 0 Å². The van der Waals surface area contributed by atoms with Crippen LogP contribution in [0.4, 0.5) is 4.39 Å². The van der Waals surface area contributed by atoms with Gasteiger partial charge in [0.1, 0.15) is 0 Å². The molecule has 6 heavy (non-hydrogen) atoms. The largest absolute Gasteiger partial charge is 0.411 e. The lowest BCUT2D eigenvalue weighted by molar-refractivity contribution is 0.332. The molecule has 1 radical (unpaired) electrons. The molecule has 3 heteroatoms. The first-order valence-corrected chi connectivity index (χ1v) is 1.37. The second-order valence-electron chi connectivity index (χ2n) is 0.731. The standard InChI is InChI=1S/C3HFNO/c4-3-5-1-2-6-3/h1H. The number of halogens is 1. The van der Waals surface area contributed by atoms with Crippen molar-refractivity contribution in [1.29, 1.82) is 0 Å². The average Bonchev–Trinajstić information content (AvgIpc) is 1.86. The van der Waals surface area contributed by atoms with Crippen LogP contribution in [-0.4, -0.2) is 4.98 Å². The van der Waals surface area contributed by atoms with E-state index in [1.54, 1.807) is 0 Å². The lowest BCUT2D eigenvalue weighted by Gasteiger charge is -1.60. The summed E-state index contributed by atoms with van der Waals surface area (Å²) in [4.78, 5) is 3.03. The Morgan fingerprint density at radius 3 is 3.00 bits per heavy atom. The predicted octanol–water partition coefficient (Wildman–Crippen LogP) is 0.614. The van der Waals surface area contributed by atoms with Crippen molar-refractivity contribution in [2.24, 2.45) is 0 Å². The van der Waals surface area contributed by atoms with Crippen LogP contribution in [0.3, 0.4) is 0 Å². The summed E-state index contributed by atoms with van der Waals surface area (Å²) in [5.41, 5.74) is 0. The molecular weight excluding hydrogens is 85.0 g/mol. The molecule has 2 nitrogen and oxygen atoms in total. The molecule has 1 rings (SSSR count). The van der Waals surface area contributed by atoms with Gasteiger partial charge in [0.2, 0.25) is 0 Å². The molecule has 0 aliphatic heterocycles. The Balaban J connectivity index is 3.05. The molecule has 0 aliphatic carbocycles. The van der Waals surface area contributed by atoms with E-state index < -0.39 is 6.14 Å². The quantitative estimate of drug-likeness (QED) is 0.462. The lowest BCUT2D eigenvalue weighted by atomic mass is 11.0. The van der Waals surface area contributed by atoms with Crippen molar-refractivity contribution in [1.82, 2.24) is 4.98 Å². The molecule has 0 saturated heterocycles. The zero-order valence-corrected chi connectivity index (χ0v) is 2.81. The second kappa shape index (κ2) is 1.08. The third-order valence-corrected chi connectivity index (χ3v) is 0.362. The monoisotopic (exact) mass is 86.0 g/mol. The summed E-state index contributed by atoms with van der Waals surface area (Å²) in [5.74, 6) is 0. The minimum Gasteiger partial charge on any atom is -0.411 e. The molecule has 0 saturated carbocycles.